The minimum absolute atomic E-state index is 0.589. The van der Waals surface area contributed by atoms with Crippen LogP contribution in [-0.4, -0.2) is 26.8 Å². The minimum atomic E-state index is -0.891. The quantitative estimate of drug-likeness (QED) is 0.906. The van der Waals surface area contributed by atoms with E-state index in [-0.39, 0.29) is 0 Å². The van der Waals surface area contributed by atoms with Gasteiger partial charge in [-0.25, -0.2) is 4.79 Å². The Balaban J connectivity index is 1.97. The second kappa shape index (κ2) is 5.31. The van der Waals surface area contributed by atoms with Gasteiger partial charge in [0.1, 0.15) is 5.54 Å². The van der Waals surface area contributed by atoms with Crippen molar-refractivity contribution in [2.24, 2.45) is 5.92 Å². The van der Waals surface area contributed by atoms with Crippen molar-refractivity contribution in [3.05, 3.63) is 30.5 Å². The second-order valence-electron chi connectivity index (χ2n) is 5.97. The average molecular weight is 285 g/mol. The molecule has 0 amide bonds. The zero-order chi connectivity index (χ0) is 14.9. The highest BCUT2D eigenvalue weighted by Crippen LogP contribution is 2.36. The molecule has 0 radical (unpaired) electrons. The second-order valence-corrected chi connectivity index (χ2v) is 5.97. The molecular formula is C16H19N3O2. The molecule has 1 aromatic carbocycles. The first-order valence-electron chi connectivity index (χ1n) is 7.33. The summed E-state index contributed by atoms with van der Waals surface area (Å²) in [6.07, 6.45) is 4.75. The van der Waals surface area contributed by atoms with Crippen LogP contribution in [0.25, 0.3) is 10.9 Å². The summed E-state index contributed by atoms with van der Waals surface area (Å²) in [6, 6.07) is 7.64. The number of aliphatic carboxylic acids is 1. The first-order valence-corrected chi connectivity index (χ1v) is 7.33. The molecule has 1 fully saturated rings. The number of carbonyl (C=O) groups is 1. The van der Waals surface area contributed by atoms with Gasteiger partial charge < -0.3 is 10.4 Å². The van der Waals surface area contributed by atoms with Crippen LogP contribution in [0.15, 0.2) is 30.5 Å². The van der Waals surface area contributed by atoms with E-state index in [1.165, 1.54) is 0 Å². The highest BCUT2D eigenvalue weighted by atomic mass is 16.4. The highest BCUT2D eigenvalue weighted by Gasteiger charge is 2.41. The monoisotopic (exact) mass is 285 g/mol. The molecule has 0 aliphatic heterocycles. The molecule has 1 saturated carbocycles. The molecule has 0 bridgehead atoms. The van der Waals surface area contributed by atoms with Gasteiger partial charge in [0.15, 0.2) is 0 Å². The molecule has 1 aliphatic carbocycles. The molecule has 2 N–H and O–H groups in total. The number of rotatable bonds is 3. The molecule has 1 aliphatic rings. The zero-order valence-corrected chi connectivity index (χ0v) is 12.0. The zero-order valence-electron chi connectivity index (χ0n) is 12.0. The molecule has 21 heavy (non-hydrogen) atoms. The van der Waals surface area contributed by atoms with E-state index in [0.29, 0.717) is 18.8 Å². The summed E-state index contributed by atoms with van der Waals surface area (Å²) in [5, 5.41) is 21.9. The predicted molar refractivity (Wildman–Crippen MR) is 81.2 cm³/mol. The molecule has 0 atom stereocenters. The van der Waals surface area contributed by atoms with Gasteiger partial charge in [-0.2, -0.15) is 10.2 Å². The Bertz CT molecular complexity index is 658. The van der Waals surface area contributed by atoms with Gasteiger partial charge >= 0.3 is 5.97 Å². The van der Waals surface area contributed by atoms with Crippen LogP contribution in [0.2, 0.25) is 0 Å². The van der Waals surface area contributed by atoms with Gasteiger partial charge in [0.05, 0.1) is 17.4 Å². The fourth-order valence-corrected chi connectivity index (χ4v) is 3.01. The van der Waals surface area contributed by atoms with E-state index in [1.807, 2.05) is 24.3 Å². The van der Waals surface area contributed by atoms with E-state index in [9.17, 15) is 9.90 Å². The Kier molecular flexibility index (Phi) is 3.49. The average Bonchev–Trinajstić information content (AvgIpc) is 2.50. The van der Waals surface area contributed by atoms with Crippen molar-refractivity contribution in [1.29, 1.82) is 0 Å². The third-order valence-electron chi connectivity index (χ3n) is 4.46. The van der Waals surface area contributed by atoms with Crippen molar-refractivity contribution in [3.63, 3.8) is 0 Å². The Morgan fingerprint density at radius 3 is 2.76 bits per heavy atom. The number of carboxylic acid groups (broad SMARTS) is 1. The number of hydrogen-bond donors (Lipinski definition) is 2. The maximum absolute atomic E-state index is 11.8. The minimum Gasteiger partial charge on any atom is -0.480 e. The van der Waals surface area contributed by atoms with E-state index in [2.05, 4.69) is 22.4 Å². The Hall–Kier alpha value is -2.17. The van der Waals surface area contributed by atoms with Gasteiger partial charge in [0, 0.05) is 5.39 Å². The van der Waals surface area contributed by atoms with E-state index < -0.39 is 11.5 Å². The van der Waals surface area contributed by atoms with Crippen molar-refractivity contribution in [3.8, 4) is 0 Å². The summed E-state index contributed by atoms with van der Waals surface area (Å²) in [7, 11) is 0. The van der Waals surface area contributed by atoms with Crippen LogP contribution in [-0.2, 0) is 4.79 Å². The number of anilines is 1. The largest absolute Gasteiger partial charge is 0.480 e. The smallest absolute Gasteiger partial charge is 0.329 e. The number of nitrogens with one attached hydrogen (secondary N) is 1. The van der Waals surface area contributed by atoms with Gasteiger partial charge in [-0.3, -0.25) is 0 Å². The third kappa shape index (κ3) is 2.55. The normalized spacial score (nSPS) is 25.7. The van der Waals surface area contributed by atoms with Crippen LogP contribution in [0.3, 0.4) is 0 Å². The van der Waals surface area contributed by atoms with Crippen molar-refractivity contribution in [1.82, 2.24) is 10.2 Å². The molecule has 1 aromatic heterocycles. The summed E-state index contributed by atoms with van der Waals surface area (Å²) >= 11 is 0. The number of benzene rings is 1. The van der Waals surface area contributed by atoms with Crippen molar-refractivity contribution in [2.75, 3.05) is 5.32 Å². The van der Waals surface area contributed by atoms with Gasteiger partial charge in [-0.05, 0) is 37.7 Å². The van der Waals surface area contributed by atoms with Crippen LogP contribution >= 0.6 is 0 Å². The summed E-state index contributed by atoms with van der Waals surface area (Å²) in [5.74, 6) is -0.193. The van der Waals surface area contributed by atoms with Crippen LogP contribution in [0.1, 0.15) is 32.6 Å². The van der Waals surface area contributed by atoms with E-state index in [4.69, 9.17) is 0 Å². The molecule has 110 valence electrons. The molecular weight excluding hydrogens is 266 g/mol. The third-order valence-corrected chi connectivity index (χ3v) is 4.46. The van der Waals surface area contributed by atoms with Gasteiger partial charge in [-0.1, -0.05) is 25.1 Å². The number of hydrogen-bond acceptors (Lipinski definition) is 4. The fraction of sp³-hybridized carbons (Fsp3) is 0.438. The molecule has 0 saturated heterocycles. The number of fused-ring (bicyclic) bond motifs is 1. The van der Waals surface area contributed by atoms with Crippen molar-refractivity contribution >= 4 is 22.6 Å². The lowest BCUT2D eigenvalue weighted by Crippen LogP contribution is -2.49. The van der Waals surface area contributed by atoms with Gasteiger partial charge in [0.2, 0.25) is 0 Å². The molecule has 0 spiro atoms. The lowest BCUT2D eigenvalue weighted by atomic mass is 9.77. The molecule has 3 rings (SSSR count). The fourth-order valence-electron chi connectivity index (χ4n) is 3.01. The molecule has 5 heteroatoms. The molecule has 2 aromatic rings. The SMILES string of the molecule is CC1CCC(Nc2cnnc3ccccc23)(C(=O)O)CC1. The predicted octanol–water partition coefficient (Wildman–Crippen LogP) is 3.08. The van der Waals surface area contributed by atoms with E-state index in [0.717, 1.165) is 29.4 Å². The molecule has 1 heterocycles. The number of carboxylic acids is 1. The first-order chi connectivity index (χ1) is 10.1. The summed E-state index contributed by atoms with van der Waals surface area (Å²) in [4.78, 5) is 11.8. The molecule has 5 nitrogen and oxygen atoms in total. The Morgan fingerprint density at radius 2 is 2.05 bits per heavy atom. The standard InChI is InChI=1S/C16H19N3O2/c1-11-6-8-16(9-7-11,15(20)21)18-14-10-17-19-13-5-3-2-4-12(13)14/h2-5,10-11H,6-9H2,1H3,(H,18,19)(H,20,21). The Labute approximate surface area is 123 Å². The van der Waals surface area contributed by atoms with E-state index in [1.54, 1.807) is 6.20 Å². The summed E-state index contributed by atoms with van der Waals surface area (Å²) < 4.78 is 0. The van der Waals surface area contributed by atoms with Gasteiger partial charge in [0.25, 0.3) is 0 Å². The van der Waals surface area contributed by atoms with Gasteiger partial charge in [-0.15, -0.1) is 0 Å². The molecule has 0 unspecified atom stereocenters. The maximum Gasteiger partial charge on any atom is 0.329 e. The first kappa shape index (κ1) is 13.8. The maximum atomic E-state index is 11.8. The Morgan fingerprint density at radius 1 is 1.33 bits per heavy atom. The van der Waals surface area contributed by atoms with Crippen LogP contribution < -0.4 is 5.32 Å². The lowest BCUT2D eigenvalue weighted by Gasteiger charge is -2.37. The summed E-state index contributed by atoms with van der Waals surface area (Å²) in [6.45, 7) is 2.18. The van der Waals surface area contributed by atoms with Crippen LogP contribution in [0, 0.1) is 5.92 Å². The van der Waals surface area contributed by atoms with E-state index >= 15 is 0 Å². The number of aromatic nitrogens is 2. The number of nitrogens with zero attached hydrogens (tertiary/aromatic N) is 2. The highest BCUT2D eigenvalue weighted by molar-refractivity contribution is 5.93. The van der Waals surface area contributed by atoms with Crippen molar-refractivity contribution < 1.29 is 9.90 Å². The topological polar surface area (TPSA) is 75.1 Å². The lowest BCUT2D eigenvalue weighted by molar-refractivity contribution is -0.143. The van der Waals surface area contributed by atoms with Crippen LogP contribution in [0.5, 0.6) is 0 Å². The van der Waals surface area contributed by atoms with Crippen LogP contribution in [0.4, 0.5) is 5.69 Å². The van der Waals surface area contributed by atoms with Crippen molar-refractivity contribution in [2.45, 2.75) is 38.1 Å². The summed E-state index contributed by atoms with van der Waals surface area (Å²) in [5.41, 5.74) is 0.628.